The van der Waals surface area contributed by atoms with Crippen LogP contribution in [0.25, 0.3) is 11.3 Å². The van der Waals surface area contributed by atoms with Crippen LogP contribution in [0.15, 0.2) is 30.6 Å². The van der Waals surface area contributed by atoms with Crippen LogP contribution in [0, 0.1) is 0 Å². The predicted molar refractivity (Wildman–Crippen MR) is 85.3 cm³/mol. The van der Waals surface area contributed by atoms with Gasteiger partial charge in [0.1, 0.15) is 12.1 Å². The summed E-state index contributed by atoms with van der Waals surface area (Å²) >= 11 is 5.95. The fourth-order valence-electron chi connectivity index (χ4n) is 2.15. The molecule has 2 aromatic rings. The minimum absolute atomic E-state index is 0.740. The minimum atomic E-state index is 0.740. The molecule has 3 nitrogen and oxygen atoms in total. The van der Waals surface area contributed by atoms with Crippen molar-refractivity contribution in [3.63, 3.8) is 0 Å². The fraction of sp³-hybridized carbons (Fsp3) is 0.375. The summed E-state index contributed by atoms with van der Waals surface area (Å²) in [6.45, 7) is 5.24. The monoisotopic (exact) mass is 289 g/mol. The average Bonchev–Trinajstić information content (AvgIpc) is 2.47. The van der Waals surface area contributed by atoms with Gasteiger partial charge in [0.2, 0.25) is 0 Å². The van der Waals surface area contributed by atoms with E-state index in [4.69, 9.17) is 11.6 Å². The van der Waals surface area contributed by atoms with Gasteiger partial charge in [0.25, 0.3) is 0 Å². The van der Waals surface area contributed by atoms with Gasteiger partial charge >= 0.3 is 0 Å². The van der Waals surface area contributed by atoms with Crippen molar-refractivity contribution in [2.24, 2.45) is 0 Å². The quantitative estimate of drug-likeness (QED) is 0.846. The lowest BCUT2D eigenvalue weighted by Crippen LogP contribution is -2.07. The van der Waals surface area contributed by atoms with Gasteiger partial charge in [0.05, 0.1) is 5.69 Å². The highest BCUT2D eigenvalue weighted by molar-refractivity contribution is 6.30. The van der Waals surface area contributed by atoms with E-state index in [9.17, 15) is 0 Å². The summed E-state index contributed by atoms with van der Waals surface area (Å²) in [7, 11) is 0. The Bertz CT molecular complexity index is 552. The van der Waals surface area contributed by atoms with Crippen LogP contribution in [0.5, 0.6) is 0 Å². The molecule has 4 heteroatoms. The second-order valence-corrected chi connectivity index (χ2v) is 5.17. The molecule has 1 heterocycles. The van der Waals surface area contributed by atoms with Crippen molar-refractivity contribution >= 4 is 17.4 Å². The molecule has 2 rings (SSSR count). The zero-order valence-corrected chi connectivity index (χ0v) is 12.7. The molecule has 0 bridgehead atoms. The lowest BCUT2D eigenvalue weighted by molar-refractivity contribution is 0.892. The highest BCUT2D eigenvalue weighted by atomic mass is 35.5. The first-order valence-electron chi connectivity index (χ1n) is 7.10. The molecule has 0 aliphatic rings. The minimum Gasteiger partial charge on any atom is -0.370 e. The standard InChI is InChI=1S/C16H20ClN3/c1-3-5-14-15(12-6-8-13(17)9-7-12)19-11-20-16(14)18-10-4-2/h6-9,11H,3-5,10H2,1-2H3,(H,18,19,20). The van der Waals surface area contributed by atoms with E-state index in [1.165, 1.54) is 5.56 Å². The SMILES string of the molecule is CCCNc1ncnc(-c2ccc(Cl)cc2)c1CCC. The van der Waals surface area contributed by atoms with Crippen molar-refractivity contribution < 1.29 is 0 Å². The van der Waals surface area contributed by atoms with Gasteiger partial charge in [0, 0.05) is 22.7 Å². The fourth-order valence-corrected chi connectivity index (χ4v) is 2.28. The summed E-state index contributed by atoms with van der Waals surface area (Å²) in [6, 6.07) is 7.81. The highest BCUT2D eigenvalue weighted by Gasteiger charge is 2.12. The molecule has 20 heavy (non-hydrogen) atoms. The van der Waals surface area contributed by atoms with Crippen molar-refractivity contribution in [2.45, 2.75) is 33.1 Å². The maximum absolute atomic E-state index is 5.95. The van der Waals surface area contributed by atoms with Crippen molar-refractivity contribution in [1.82, 2.24) is 9.97 Å². The van der Waals surface area contributed by atoms with E-state index in [2.05, 4.69) is 29.1 Å². The van der Waals surface area contributed by atoms with E-state index in [1.807, 2.05) is 24.3 Å². The molecule has 0 aliphatic heterocycles. The van der Waals surface area contributed by atoms with E-state index >= 15 is 0 Å². The maximum atomic E-state index is 5.95. The second-order valence-electron chi connectivity index (χ2n) is 4.73. The number of anilines is 1. The molecule has 0 fully saturated rings. The average molecular weight is 290 g/mol. The summed E-state index contributed by atoms with van der Waals surface area (Å²) in [5.41, 5.74) is 3.27. The van der Waals surface area contributed by atoms with Crippen LogP contribution in [-0.4, -0.2) is 16.5 Å². The van der Waals surface area contributed by atoms with Crippen LogP contribution < -0.4 is 5.32 Å². The number of hydrogen-bond acceptors (Lipinski definition) is 3. The number of hydrogen-bond donors (Lipinski definition) is 1. The topological polar surface area (TPSA) is 37.8 Å². The molecule has 1 N–H and O–H groups in total. The molecule has 0 unspecified atom stereocenters. The van der Waals surface area contributed by atoms with Crippen LogP contribution in [0.2, 0.25) is 5.02 Å². The van der Waals surface area contributed by atoms with E-state index in [-0.39, 0.29) is 0 Å². The molecule has 0 saturated carbocycles. The smallest absolute Gasteiger partial charge is 0.133 e. The van der Waals surface area contributed by atoms with Gasteiger partial charge in [0.15, 0.2) is 0 Å². The van der Waals surface area contributed by atoms with Gasteiger partial charge in [-0.2, -0.15) is 0 Å². The predicted octanol–water partition coefficient (Wildman–Crippen LogP) is 4.57. The van der Waals surface area contributed by atoms with Gasteiger partial charge < -0.3 is 5.32 Å². The Morgan fingerprint density at radius 1 is 1.05 bits per heavy atom. The molecular weight excluding hydrogens is 270 g/mol. The van der Waals surface area contributed by atoms with Crippen LogP contribution in [0.1, 0.15) is 32.3 Å². The molecule has 106 valence electrons. The molecule has 1 aromatic carbocycles. The Balaban J connectivity index is 2.42. The summed E-state index contributed by atoms with van der Waals surface area (Å²) in [6.07, 6.45) is 4.73. The summed E-state index contributed by atoms with van der Waals surface area (Å²) in [5.74, 6) is 0.952. The second kappa shape index (κ2) is 7.25. The Kier molecular flexibility index (Phi) is 5.36. The molecule has 1 aromatic heterocycles. The van der Waals surface area contributed by atoms with Crippen LogP contribution in [-0.2, 0) is 6.42 Å². The normalized spacial score (nSPS) is 10.6. The van der Waals surface area contributed by atoms with E-state index in [1.54, 1.807) is 6.33 Å². The number of benzene rings is 1. The lowest BCUT2D eigenvalue weighted by Gasteiger charge is -2.13. The summed E-state index contributed by atoms with van der Waals surface area (Å²) in [4.78, 5) is 8.86. The Morgan fingerprint density at radius 2 is 1.80 bits per heavy atom. The number of aromatic nitrogens is 2. The third-order valence-electron chi connectivity index (χ3n) is 3.11. The Hall–Kier alpha value is -1.61. The maximum Gasteiger partial charge on any atom is 0.133 e. The van der Waals surface area contributed by atoms with Gasteiger partial charge in [-0.15, -0.1) is 0 Å². The number of rotatable bonds is 6. The van der Waals surface area contributed by atoms with E-state index in [0.29, 0.717) is 0 Å². The molecule has 0 spiro atoms. The van der Waals surface area contributed by atoms with Crippen LogP contribution in [0.3, 0.4) is 0 Å². The molecule has 0 saturated heterocycles. The molecule has 0 atom stereocenters. The van der Waals surface area contributed by atoms with Crippen LogP contribution >= 0.6 is 11.6 Å². The number of halogens is 1. The third-order valence-corrected chi connectivity index (χ3v) is 3.36. The van der Waals surface area contributed by atoms with Crippen molar-refractivity contribution in [3.8, 4) is 11.3 Å². The van der Waals surface area contributed by atoms with Gasteiger partial charge in [-0.1, -0.05) is 44.0 Å². The number of nitrogens with one attached hydrogen (secondary N) is 1. The molecule has 0 aliphatic carbocycles. The van der Waals surface area contributed by atoms with E-state index < -0.39 is 0 Å². The van der Waals surface area contributed by atoms with Crippen molar-refractivity contribution in [2.75, 3.05) is 11.9 Å². The Labute approximate surface area is 125 Å². The third kappa shape index (κ3) is 3.48. The highest BCUT2D eigenvalue weighted by Crippen LogP contribution is 2.27. The lowest BCUT2D eigenvalue weighted by atomic mass is 10.0. The zero-order chi connectivity index (χ0) is 14.4. The van der Waals surface area contributed by atoms with Crippen LogP contribution in [0.4, 0.5) is 5.82 Å². The summed E-state index contributed by atoms with van der Waals surface area (Å²) < 4.78 is 0. The first-order valence-corrected chi connectivity index (χ1v) is 7.47. The molecular formula is C16H20ClN3. The zero-order valence-electron chi connectivity index (χ0n) is 12.0. The first kappa shape index (κ1) is 14.8. The Morgan fingerprint density at radius 3 is 2.45 bits per heavy atom. The first-order chi connectivity index (χ1) is 9.76. The molecule has 0 radical (unpaired) electrons. The van der Waals surface area contributed by atoms with E-state index in [0.717, 1.165) is 47.9 Å². The molecule has 0 amide bonds. The summed E-state index contributed by atoms with van der Waals surface area (Å²) in [5, 5.41) is 4.13. The largest absolute Gasteiger partial charge is 0.370 e. The van der Waals surface area contributed by atoms with Gasteiger partial charge in [-0.3, -0.25) is 0 Å². The van der Waals surface area contributed by atoms with Crippen molar-refractivity contribution in [1.29, 1.82) is 0 Å². The van der Waals surface area contributed by atoms with Crippen molar-refractivity contribution in [3.05, 3.63) is 41.2 Å². The van der Waals surface area contributed by atoms with Gasteiger partial charge in [-0.25, -0.2) is 9.97 Å². The number of nitrogens with zero attached hydrogens (tertiary/aromatic N) is 2. The van der Waals surface area contributed by atoms with Gasteiger partial charge in [-0.05, 0) is 25.0 Å².